The second-order valence-corrected chi connectivity index (χ2v) is 5.12. The Morgan fingerprint density at radius 2 is 2.04 bits per heavy atom. The topological polar surface area (TPSA) is 85.4 Å². The van der Waals surface area contributed by atoms with E-state index in [1.54, 1.807) is 18.2 Å². The molecule has 0 unspecified atom stereocenters. The van der Waals surface area contributed by atoms with Crippen molar-refractivity contribution in [1.29, 1.82) is 5.26 Å². The number of rotatable bonds is 3. The second-order valence-electron chi connectivity index (χ2n) is 4.71. The van der Waals surface area contributed by atoms with Gasteiger partial charge in [0.2, 0.25) is 6.79 Å². The van der Waals surface area contributed by atoms with E-state index in [9.17, 15) is 15.4 Å². The number of nitro benzene ring substituents is 1. The SMILES string of the molecule is N#C/C(=C\c1cc(Cl)c2c(c1)OCO2)c1ccc([N+](=O)[O-])cc1. The lowest BCUT2D eigenvalue weighted by Gasteiger charge is -2.03. The van der Waals surface area contributed by atoms with E-state index in [0.29, 0.717) is 33.2 Å². The van der Waals surface area contributed by atoms with Gasteiger partial charge in [-0.05, 0) is 41.5 Å². The van der Waals surface area contributed by atoms with Crippen molar-refractivity contribution in [3.63, 3.8) is 0 Å². The van der Waals surface area contributed by atoms with E-state index in [0.717, 1.165) is 0 Å². The van der Waals surface area contributed by atoms with Gasteiger partial charge in [-0.25, -0.2) is 0 Å². The van der Waals surface area contributed by atoms with E-state index >= 15 is 0 Å². The van der Waals surface area contributed by atoms with Crippen molar-refractivity contribution in [3.8, 4) is 17.6 Å². The summed E-state index contributed by atoms with van der Waals surface area (Å²) < 4.78 is 10.5. The van der Waals surface area contributed by atoms with Crippen LogP contribution in [-0.2, 0) is 0 Å². The van der Waals surface area contributed by atoms with Crippen LogP contribution in [0.4, 0.5) is 5.69 Å². The highest BCUT2D eigenvalue weighted by Crippen LogP contribution is 2.40. The van der Waals surface area contributed by atoms with Gasteiger partial charge in [0, 0.05) is 12.1 Å². The summed E-state index contributed by atoms with van der Waals surface area (Å²) in [6.45, 7) is 0.107. The number of non-ortho nitro benzene ring substituents is 1. The minimum Gasteiger partial charge on any atom is -0.454 e. The number of halogens is 1. The Labute approximate surface area is 136 Å². The highest BCUT2D eigenvalue weighted by Gasteiger charge is 2.18. The number of allylic oxidation sites excluding steroid dienone is 1. The van der Waals surface area contributed by atoms with Gasteiger partial charge < -0.3 is 9.47 Å². The van der Waals surface area contributed by atoms with Crippen molar-refractivity contribution in [2.45, 2.75) is 0 Å². The molecule has 0 spiro atoms. The lowest BCUT2D eigenvalue weighted by molar-refractivity contribution is -0.384. The highest BCUT2D eigenvalue weighted by molar-refractivity contribution is 6.32. The second kappa shape index (κ2) is 5.99. The van der Waals surface area contributed by atoms with Crippen LogP contribution < -0.4 is 9.47 Å². The van der Waals surface area contributed by atoms with Crippen LogP contribution in [0.15, 0.2) is 36.4 Å². The molecule has 114 valence electrons. The number of ether oxygens (including phenoxy) is 2. The molecule has 0 saturated heterocycles. The summed E-state index contributed by atoms with van der Waals surface area (Å²) in [5, 5.41) is 20.4. The Balaban J connectivity index is 1.98. The summed E-state index contributed by atoms with van der Waals surface area (Å²) in [7, 11) is 0. The molecule has 0 atom stereocenters. The van der Waals surface area contributed by atoms with Crippen LogP contribution in [-0.4, -0.2) is 11.7 Å². The van der Waals surface area contributed by atoms with Gasteiger partial charge in [0.1, 0.15) is 0 Å². The molecule has 2 aromatic rings. The van der Waals surface area contributed by atoms with Crippen LogP contribution in [0.3, 0.4) is 0 Å². The zero-order chi connectivity index (χ0) is 16.4. The average Bonchev–Trinajstić information content (AvgIpc) is 3.02. The van der Waals surface area contributed by atoms with Gasteiger partial charge in [-0.1, -0.05) is 11.6 Å². The molecule has 0 saturated carbocycles. The van der Waals surface area contributed by atoms with Crippen LogP contribution in [0.2, 0.25) is 5.02 Å². The zero-order valence-electron chi connectivity index (χ0n) is 11.7. The average molecular weight is 329 g/mol. The number of fused-ring (bicyclic) bond motifs is 1. The normalized spacial score (nSPS) is 12.8. The lowest BCUT2D eigenvalue weighted by atomic mass is 10.0. The number of nitrogens with zero attached hydrogens (tertiary/aromatic N) is 2. The van der Waals surface area contributed by atoms with Gasteiger partial charge in [0.05, 0.1) is 21.6 Å². The summed E-state index contributed by atoms with van der Waals surface area (Å²) in [4.78, 5) is 10.2. The van der Waals surface area contributed by atoms with Crippen LogP contribution in [0, 0.1) is 21.4 Å². The molecule has 0 bridgehead atoms. The molecule has 1 heterocycles. The van der Waals surface area contributed by atoms with Gasteiger partial charge >= 0.3 is 0 Å². The van der Waals surface area contributed by atoms with Crippen LogP contribution in [0.5, 0.6) is 11.5 Å². The number of benzene rings is 2. The van der Waals surface area contributed by atoms with Crippen molar-refractivity contribution in [1.82, 2.24) is 0 Å². The molecule has 0 aromatic heterocycles. The summed E-state index contributed by atoms with van der Waals surface area (Å²) in [6.07, 6.45) is 1.63. The lowest BCUT2D eigenvalue weighted by Crippen LogP contribution is -1.93. The molecule has 3 rings (SSSR count). The maximum Gasteiger partial charge on any atom is 0.269 e. The third-order valence-electron chi connectivity index (χ3n) is 3.27. The van der Waals surface area contributed by atoms with Crippen LogP contribution in [0.25, 0.3) is 11.6 Å². The largest absolute Gasteiger partial charge is 0.454 e. The first kappa shape index (κ1) is 14.9. The Morgan fingerprint density at radius 3 is 2.70 bits per heavy atom. The van der Waals surface area contributed by atoms with E-state index < -0.39 is 4.92 Å². The molecule has 1 aliphatic heterocycles. The molecule has 0 amide bonds. The van der Waals surface area contributed by atoms with Crippen LogP contribution >= 0.6 is 11.6 Å². The van der Waals surface area contributed by atoms with Crippen molar-refractivity contribution < 1.29 is 14.4 Å². The first-order chi connectivity index (χ1) is 11.1. The van der Waals surface area contributed by atoms with Gasteiger partial charge in [-0.2, -0.15) is 5.26 Å². The molecule has 6 nitrogen and oxygen atoms in total. The number of nitro groups is 1. The Bertz CT molecular complexity index is 854. The molecule has 0 radical (unpaired) electrons. The molecule has 1 aliphatic rings. The molecule has 23 heavy (non-hydrogen) atoms. The predicted molar refractivity (Wildman–Crippen MR) is 84.2 cm³/mol. The van der Waals surface area contributed by atoms with Gasteiger partial charge in [0.25, 0.3) is 5.69 Å². The summed E-state index contributed by atoms with van der Waals surface area (Å²) in [5.41, 5.74) is 1.58. The summed E-state index contributed by atoms with van der Waals surface area (Å²) >= 11 is 6.11. The van der Waals surface area contributed by atoms with Crippen molar-refractivity contribution in [3.05, 3.63) is 62.7 Å². The Kier molecular flexibility index (Phi) is 3.87. The molecule has 2 aromatic carbocycles. The van der Waals surface area contributed by atoms with Crippen molar-refractivity contribution in [2.75, 3.05) is 6.79 Å². The molecule has 0 N–H and O–H groups in total. The maximum absolute atomic E-state index is 10.7. The fourth-order valence-electron chi connectivity index (χ4n) is 2.18. The minimum atomic E-state index is -0.489. The van der Waals surface area contributed by atoms with E-state index in [1.807, 2.05) is 0 Å². The van der Waals surface area contributed by atoms with Gasteiger partial charge in [0.15, 0.2) is 11.5 Å². The van der Waals surface area contributed by atoms with E-state index in [4.69, 9.17) is 21.1 Å². The highest BCUT2D eigenvalue weighted by atomic mass is 35.5. The van der Waals surface area contributed by atoms with Gasteiger partial charge in [-0.15, -0.1) is 0 Å². The van der Waals surface area contributed by atoms with E-state index in [-0.39, 0.29) is 12.5 Å². The minimum absolute atomic E-state index is 0.0304. The zero-order valence-corrected chi connectivity index (χ0v) is 12.4. The molecular weight excluding hydrogens is 320 g/mol. The third-order valence-corrected chi connectivity index (χ3v) is 3.55. The third kappa shape index (κ3) is 2.96. The predicted octanol–water partition coefficient (Wildman–Crippen LogP) is 4.04. The van der Waals surface area contributed by atoms with E-state index in [1.165, 1.54) is 24.3 Å². The summed E-state index contributed by atoms with van der Waals surface area (Å²) in [5.74, 6) is 1.00. The monoisotopic (exact) mass is 328 g/mol. The standard InChI is InChI=1S/C16H9ClN2O4/c17-14-6-10(7-15-16(14)23-9-22-15)5-12(8-18)11-1-3-13(4-2-11)19(20)21/h1-7H,9H2/b12-5+. The molecule has 0 fully saturated rings. The Hall–Kier alpha value is -3.04. The quantitative estimate of drug-likeness (QED) is 0.367. The van der Waals surface area contributed by atoms with Crippen LogP contribution in [0.1, 0.15) is 11.1 Å². The fourth-order valence-corrected chi connectivity index (χ4v) is 2.45. The van der Waals surface area contributed by atoms with Gasteiger partial charge in [-0.3, -0.25) is 10.1 Å². The molecule has 0 aliphatic carbocycles. The fraction of sp³-hybridized carbons (Fsp3) is 0.0625. The number of nitriles is 1. The first-order valence-electron chi connectivity index (χ1n) is 6.54. The maximum atomic E-state index is 10.7. The summed E-state index contributed by atoms with van der Waals surface area (Å²) in [6, 6.07) is 11.2. The number of hydrogen-bond acceptors (Lipinski definition) is 5. The smallest absolute Gasteiger partial charge is 0.269 e. The Morgan fingerprint density at radius 1 is 1.30 bits per heavy atom. The van der Waals surface area contributed by atoms with E-state index in [2.05, 4.69) is 6.07 Å². The molecular formula is C16H9ClN2O4. The molecule has 7 heteroatoms. The van der Waals surface area contributed by atoms with Crippen molar-refractivity contribution >= 4 is 28.9 Å². The number of hydrogen-bond donors (Lipinski definition) is 0. The van der Waals surface area contributed by atoms with Crippen molar-refractivity contribution in [2.24, 2.45) is 0 Å². The first-order valence-corrected chi connectivity index (χ1v) is 6.92.